The van der Waals surface area contributed by atoms with E-state index in [0.717, 1.165) is 15.7 Å². The maximum Gasteiger partial charge on any atom is 0.233 e. The van der Waals surface area contributed by atoms with Gasteiger partial charge < -0.3 is 14.7 Å². The van der Waals surface area contributed by atoms with Crippen molar-refractivity contribution in [3.05, 3.63) is 36.4 Å². The Kier molecular flexibility index (Phi) is 4.31. The Morgan fingerprint density at radius 2 is 1.86 bits per heavy atom. The van der Waals surface area contributed by atoms with Gasteiger partial charge in [0.15, 0.2) is 0 Å². The van der Waals surface area contributed by atoms with Crippen molar-refractivity contribution in [2.75, 3.05) is 32.1 Å². The van der Waals surface area contributed by atoms with Crippen molar-refractivity contribution in [2.45, 2.75) is 4.90 Å². The van der Waals surface area contributed by atoms with Gasteiger partial charge in [-0.2, -0.15) is 0 Å². The zero-order valence-electron chi connectivity index (χ0n) is 11.6. The van der Waals surface area contributed by atoms with Crippen molar-refractivity contribution in [1.29, 1.82) is 0 Å². The minimum atomic E-state index is 0.139. The standard InChI is InChI=1S/C16H17NO3S/c18-14-5-6-15(13-4-2-1-3-12(13)14)21-11-16(19)17-7-9-20-10-8-17/h1-6,18H,7-11H2. The third kappa shape index (κ3) is 3.14. The molecule has 1 saturated heterocycles. The van der Waals surface area contributed by atoms with Crippen LogP contribution < -0.4 is 0 Å². The summed E-state index contributed by atoms with van der Waals surface area (Å²) in [4.78, 5) is 15.0. The minimum absolute atomic E-state index is 0.139. The number of hydrogen-bond acceptors (Lipinski definition) is 4. The fourth-order valence-electron chi connectivity index (χ4n) is 2.42. The molecule has 0 saturated carbocycles. The molecule has 1 N–H and O–H groups in total. The lowest BCUT2D eigenvalue weighted by Gasteiger charge is -2.26. The molecular weight excluding hydrogens is 286 g/mol. The molecule has 0 bridgehead atoms. The summed E-state index contributed by atoms with van der Waals surface area (Å²) in [5.74, 6) is 0.823. The summed E-state index contributed by atoms with van der Waals surface area (Å²) in [6.07, 6.45) is 0. The molecule has 0 spiro atoms. The molecular formula is C16H17NO3S. The van der Waals surface area contributed by atoms with Crippen LogP contribution in [0.3, 0.4) is 0 Å². The lowest BCUT2D eigenvalue weighted by Crippen LogP contribution is -2.41. The van der Waals surface area contributed by atoms with E-state index >= 15 is 0 Å². The first-order chi connectivity index (χ1) is 10.3. The molecule has 2 aromatic carbocycles. The lowest BCUT2D eigenvalue weighted by molar-refractivity contribution is -0.132. The number of benzene rings is 2. The van der Waals surface area contributed by atoms with Crippen LogP contribution in [0.15, 0.2) is 41.3 Å². The van der Waals surface area contributed by atoms with E-state index in [4.69, 9.17) is 4.74 Å². The number of nitrogens with zero attached hydrogens (tertiary/aromatic N) is 1. The molecule has 1 heterocycles. The number of hydrogen-bond donors (Lipinski definition) is 1. The molecule has 0 aromatic heterocycles. The van der Waals surface area contributed by atoms with Gasteiger partial charge in [-0.15, -0.1) is 11.8 Å². The van der Waals surface area contributed by atoms with Gasteiger partial charge in [0.05, 0.1) is 19.0 Å². The van der Waals surface area contributed by atoms with E-state index in [-0.39, 0.29) is 11.7 Å². The van der Waals surface area contributed by atoms with Crippen molar-refractivity contribution in [3.63, 3.8) is 0 Å². The number of fused-ring (bicyclic) bond motifs is 1. The molecule has 1 aliphatic heterocycles. The summed E-state index contributed by atoms with van der Waals surface area (Å²) in [7, 11) is 0. The summed E-state index contributed by atoms with van der Waals surface area (Å²) in [6.45, 7) is 2.60. The molecule has 4 nitrogen and oxygen atoms in total. The van der Waals surface area contributed by atoms with Gasteiger partial charge in [0.25, 0.3) is 0 Å². The lowest BCUT2D eigenvalue weighted by atomic mass is 10.1. The monoisotopic (exact) mass is 303 g/mol. The zero-order valence-corrected chi connectivity index (χ0v) is 12.4. The van der Waals surface area contributed by atoms with E-state index in [1.54, 1.807) is 6.07 Å². The molecule has 21 heavy (non-hydrogen) atoms. The number of aromatic hydroxyl groups is 1. The number of carbonyl (C=O) groups excluding carboxylic acids is 1. The van der Waals surface area contributed by atoms with Crippen LogP contribution >= 0.6 is 11.8 Å². The van der Waals surface area contributed by atoms with Gasteiger partial charge >= 0.3 is 0 Å². The number of morpholine rings is 1. The predicted octanol–water partition coefficient (Wildman–Crippen LogP) is 2.50. The van der Waals surface area contributed by atoms with Crippen LogP contribution in [0, 0.1) is 0 Å². The van der Waals surface area contributed by atoms with Gasteiger partial charge in [0, 0.05) is 23.4 Å². The number of thioether (sulfide) groups is 1. The highest BCUT2D eigenvalue weighted by atomic mass is 32.2. The van der Waals surface area contributed by atoms with Gasteiger partial charge in [-0.3, -0.25) is 4.79 Å². The number of phenols is 1. The van der Waals surface area contributed by atoms with Gasteiger partial charge in [0.2, 0.25) is 5.91 Å². The zero-order chi connectivity index (χ0) is 14.7. The number of rotatable bonds is 3. The maximum atomic E-state index is 12.2. The second kappa shape index (κ2) is 6.37. The molecule has 1 amide bonds. The third-order valence-corrected chi connectivity index (χ3v) is 4.63. The first-order valence-electron chi connectivity index (χ1n) is 6.95. The minimum Gasteiger partial charge on any atom is -0.507 e. The highest BCUT2D eigenvalue weighted by molar-refractivity contribution is 8.00. The van der Waals surface area contributed by atoms with Crippen LogP contribution in [-0.4, -0.2) is 48.0 Å². The van der Waals surface area contributed by atoms with Gasteiger partial charge in [0.1, 0.15) is 5.75 Å². The van der Waals surface area contributed by atoms with Crippen molar-refractivity contribution < 1.29 is 14.6 Å². The fourth-order valence-corrected chi connectivity index (χ4v) is 3.38. The van der Waals surface area contributed by atoms with E-state index in [1.165, 1.54) is 11.8 Å². The Labute approximate surface area is 127 Å². The normalized spacial score (nSPS) is 15.3. The van der Waals surface area contributed by atoms with Crippen LogP contribution in [0.4, 0.5) is 0 Å². The number of carbonyl (C=O) groups is 1. The Bertz CT molecular complexity index is 653. The van der Waals surface area contributed by atoms with E-state index in [2.05, 4.69) is 0 Å². The smallest absolute Gasteiger partial charge is 0.233 e. The number of phenolic OH excluding ortho intramolecular Hbond substituents is 1. The van der Waals surface area contributed by atoms with E-state index in [1.807, 2.05) is 35.2 Å². The summed E-state index contributed by atoms with van der Waals surface area (Å²) in [5, 5.41) is 11.7. The average Bonchev–Trinajstić information content (AvgIpc) is 2.55. The largest absolute Gasteiger partial charge is 0.507 e. The van der Waals surface area contributed by atoms with Gasteiger partial charge in [-0.05, 0) is 17.5 Å². The molecule has 5 heteroatoms. The predicted molar refractivity (Wildman–Crippen MR) is 83.7 cm³/mol. The molecule has 1 fully saturated rings. The Morgan fingerprint density at radius 1 is 1.14 bits per heavy atom. The Balaban J connectivity index is 1.73. The topological polar surface area (TPSA) is 49.8 Å². The third-order valence-electron chi connectivity index (χ3n) is 3.58. The number of ether oxygens (including phenoxy) is 1. The van der Waals surface area contributed by atoms with Crippen LogP contribution in [0.5, 0.6) is 5.75 Å². The van der Waals surface area contributed by atoms with Crippen LogP contribution in [0.1, 0.15) is 0 Å². The SMILES string of the molecule is O=C(CSc1ccc(O)c2ccccc12)N1CCOCC1. The van der Waals surface area contributed by atoms with Crippen LogP contribution in [0.25, 0.3) is 10.8 Å². The summed E-state index contributed by atoms with van der Waals surface area (Å²) in [6, 6.07) is 11.2. The van der Waals surface area contributed by atoms with Gasteiger partial charge in [-0.25, -0.2) is 0 Å². The van der Waals surface area contributed by atoms with Crippen molar-refractivity contribution in [2.24, 2.45) is 0 Å². The Morgan fingerprint density at radius 3 is 2.62 bits per heavy atom. The average molecular weight is 303 g/mol. The summed E-state index contributed by atoms with van der Waals surface area (Å²) in [5.41, 5.74) is 0. The Hall–Kier alpha value is -1.72. The second-order valence-corrected chi connectivity index (χ2v) is 5.93. The molecule has 1 aliphatic rings. The quantitative estimate of drug-likeness (QED) is 0.885. The highest BCUT2D eigenvalue weighted by Gasteiger charge is 2.17. The second-order valence-electron chi connectivity index (χ2n) is 4.91. The maximum absolute atomic E-state index is 12.2. The van der Waals surface area contributed by atoms with E-state index in [0.29, 0.717) is 32.1 Å². The molecule has 0 atom stereocenters. The summed E-state index contributed by atoms with van der Waals surface area (Å²) >= 11 is 1.52. The fraction of sp³-hybridized carbons (Fsp3) is 0.312. The number of amides is 1. The molecule has 110 valence electrons. The molecule has 0 aliphatic carbocycles. The molecule has 2 aromatic rings. The molecule has 3 rings (SSSR count). The van der Waals surface area contributed by atoms with Crippen LogP contribution in [-0.2, 0) is 9.53 Å². The van der Waals surface area contributed by atoms with Crippen LogP contribution in [0.2, 0.25) is 0 Å². The first-order valence-corrected chi connectivity index (χ1v) is 7.93. The van der Waals surface area contributed by atoms with E-state index in [9.17, 15) is 9.90 Å². The molecule has 0 unspecified atom stereocenters. The van der Waals surface area contributed by atoms with E-state index < -0.39 is 0 Å². The first kappa shape index (κ1) is 14.2. The van der Waals surface area contributed by atoms with Crippen molar-refractivity contribution in [1.82, 2.24) is 4.90 Å². The molecule has 0 radical (unpaired) electrons. The van der Waals surface area contributed by atoms with Gasteiger partial charge in [-0.1, -0.05) is 24.3 Å². The van der Waals surface area contributed by atoms with Crippen molar-refractivity contribution >= 4 is 28.4 Å². The van der Waals surface area contributed by atoms with Crippen molar-refractivity contribution in [3.8, 4) is 5.75 Å². The highest BCUT2D eigenvalue weighted by Crippen LogP contribution is 2.33. The summed E-state index contributed by atoms with van der Waals surface area (Å²) < 4.78 is 5.26.